The summed E-state index contributed by atoms with van der Waals surface area (Å²) in [5.74, 6) is 0. The van der Waals surface area contributed by atoms with E-state index < -0.39 is 0 Å². The molecule has 0 unspecified atom stereocenters. The highest BCUT2D eigenvalue weighted by Gasteiger charge is 1.98. The minimum absolute atomic E-state index is 0.943. The van der Waals surface area contributed by atoms with E-state index in [-0.39, 0.29) is 0 Å². The van der Waals surface area contributed by atoms with E-state index in [0.29, 0.717) is 0 Å². The molecule has 0 N–H and O–H groups in total. The molecule has 0 aromatic heterocycles. The Kier molecular flexibility index (Phi) is 2.81. The van der Waals surface area contributed by atoms with Crippen molar-refractivity contribution in [2.75, 3.05) is 0 Å². The zero-order chi connectivity index (χ0) is 8.97. The molecular weight excluding hydrogens is 146 g/mol. The Balaban J connectivity index is 2.83. The summed E-state index contributed by atoms with van der Waals surface area (Å²) in [5, 5.41) is 0. The van der Waals surface area contributed by atoms with Gasteiger partial charge in [0.15, 0.2) is 0 Å². The normalized spacial score (nSPS) is 18.5. The van der Waals surface area contributed by atoms with Crippen molar-refractivity contribution in [1.82, 2.24) is 0 Å². The van der Waals surface area contributed by atoms with E-state index in [1.54, 1.807) is 0 Å². The number of allylic oxidation sites excluding steroid dienone is 6. The molecule has 0 radical (unpaired) electrons. The smallest absolute Gasteiger partial charge is 0.0695 e. The first-order valence-electron chi connectivity index (χ1n) is 3.95. The summed E-state index contributed by atoms with van der Waals surface area (Å²) in [4.78, 5) is 4.28. The van der Waals surface area contributed by atoms with Crippen LogP contribution in [0.5, 0.6) is 0 Å². The molecule has 0 saturated carbocycles. The molecule has 0 amide bonds. The molecule has 0 aliphatic heterocycles. The number of rotatable bonds is 1. The average Bonchev–Trinajstić information content (AvgIpc) is 2.03. The third-order valence-electron chi connectivity index (χ3n) is 1.45. The molecular formula is C11H13N. The molecule has 0 heterocycles. The highest BCUT2D eigenvalue weighted by atomic mass is 14.7. The average molecular weight is 159 g/mol. The Morgan fingerprint density at radius 3 is 2.58 bits per heavy atom. The topological polar surface area (TPSA) is 12.4 Å². The fourth-order valence-electron chi connectivity index (χ4n) is 0.835. The van der Waals surface area contributed by atoms with E-state index in [4.69, 9.17) is 0 Å². The van der Waals surface area contributed by atoms with Crippen molar-refractivity contribution >= 4 is 5.71 Å². The lowest BCUT2D eigenvalue weighted by Gasteiger charge is -2.02. The van der Waals surface area contributed by atoms with Gasteiger partial charge in [-0.3, -0.25) is 4.99 Å². The Bertz CT molecular complexity index is 297. The Morgan fingerprint density at radius 1 is 1.33 bits per heavy atom. The van der Waals surface area contributed by atoms with E-state index in [1.807, 2.05) is 44.4 Å². The molecule has 1 nitrogen and oxygen atoms in total. The minimum atomic E-state index is 0.943. The van der Waals surface area contributed by atoms with Gasteiger partial charge in [-0.1, -0.05) is 30.4 Å². The van der Waals surface area contributed by atoms with Crippen molar-refractivity contribution in [2.45, 2.75) is 13.8 Å². The Labute approximate surface area is 73.5 Å². The van der Waals surface area contributed by atoms with E-state index in [9.17, 15) is 0 Å². The summed E-state index contributed by atoms with van der Waals surface area (Å²) >= 11 is 0. The molecule has 0 aromatic carbocycles. The van der Waals surface area contributed by atoms with Crippen molar-refractivity contribution in [1.29, 1.82) is 0 Å². The van der Waals surface area contributed by atoms with Crippen LogP contribution in [0, 0.1) is 0 Å². The molecule has 1 heteroatoms. The Hall–Kier alpha value is -1.37. The van der Waals surface area contributed by atoms with Crippen LogP contribution in [0.1, 0.15) is 13.8 Å². The van der Waals surface area contributed by atoms with Gasteiger partial charge in [-0.2, -0.15) is 0 Å². The summed E-state index contributed by atoms with van der Waals surface area (Å²) in [6, 6.07) is 0. The van der Waals surface area contributed by atoms with Crippen LogP contribution in [0.15, 0.2) is 53.2 Å². The molecule has 12 heavy (non-hydrogen) atoms. The third kappa shape index (κ3) is 2.35. The summed E-state index contributed by atoms with van der Waals surface area (Å²) < 4.78 is 0. The summed E-state index contributed by atoms with van der Waals surface area (Å²) in [7, 11) is 0. The first-order chi connectivity index (χ1) is 5.70. The van der Waals surface area contributed by atoms with Gasteiger partial charge in [-0.15, -0.1) is 0 Å². The maximum Gasteiger partial charge on any atom is 0.0695 e. The van der Waals surface area contributed by atoms with Crippen molar-refractivity contribution in [3.63, 3.8) is 0 Å². The lowest BCUT2D eigenvalue weighted by molar-refractivity contribution is 1.33. The molecule has 1 rings (SSSR count). The van der Waals surface area contributed by atoms with Crippen molar-refractivity contribution < 1.29 is 0 Å². The largest absolute Gasteiger partial charge is 0.256 e. The molecule has 1 aliphatic rings. The van der Waals surface area contributed by atoms with Crippen molar-refractivity contribution in [3.8, 4) is 0 Å². The molecule has 0 bridgehead atoms. The van der Waals surface area contributed by atoms with Gasteiger partial charge >= 0.3 is 0 Å². The lowest BCUT2D eigenvalue weighted by Crippen LogP contribution is -1.97. The number of hydrogen-bond donors (Lipinski definition) is 0. The maximum atomic E-state index is 4.28. The van der Waals surface area contributed by atoms with Crippen LogP contribution < -0.4 is 0 Å². The second-order valence-corrected chi connectivity index (χ2v) is 2.96. The van der Waals surface area contributed by atoms with E-state index in [0.717, 1.165) is 11.3 Å². The molecule has 0 saturated heterocycles. The molecule has 1 aliphatic carbocycles. The number of hydrogen-bond acceptors (Lipinski definition) is 1. The second-order valence-electron chi connectivity index (χ2n) is 2.96. The van der Waals surface area contributed by atoms with Crippen LogP contribution in [-0.4, -0.2) is 5.71 Å². The molecule has 0 aromatic rings. The van der Waals surface area contributed by atoms with Gasteiger partial charge < -0.3 is 0 Å². The summed E-state index contributed by atoms with van der Waals surface area (Å²) in [6.45, 7) is 7.92. The van der Waals surface area contributed by atoms with Crippen LogP contribution in [-0.2, 0) is 0 Å². The highest BCUT2D eigenvalue weighted by Crippen LogP contribution is 2.06. The van der Waals surface area contributed by atoms with Gasteiger partial charge in [-0.05, 0) is 25.5 Å². The number of nitrogens with zero attached hydrogens (tertiary/aromatic N) is 1. The molecule has 62 valence electrons. The van der Waals surface area contributed by atoms with Crippen LogP contribution >= 0.6 is 0 Å². The van der Waals surface area contributed by atoms with E-state index in [1.165, 1.54) is 5.57 Å². The SMILES string of the molecule is C=C1C=CC=CC1=NC=C(C)C. The monoisotopic (exact) mass is 159 g/mol. The Morgan fingerprint density at radius 2 is 2.00 bits per heavy atom. The van der Waals surface area contributed by atoms with Crippen molar-refractivity contribution in [3.05, 3.63) is 48.2 Å². The standard InChI is InChI=1S/C11H13N/c1-9(2)8-12-11-7-5-4-6-10(11)3/h4-8H,3H2,1-2H3. The minimum Gasteiger partial charge on any atom is -0.256 e. The zero-order valence-electron chi connectivity index (χ0n) is 7.54. The van der Waals surface area contributed by atoms with Gasteiger partial charge in [0.05, 0.1) is 5.71 Å². The van der Waals surface area contributed by atoms with Crippen LogP contribution in [0.4, 0.5) is 0 Å². The lowest BCUT2D eigenvalue weighted by atomic mass is 10.1. The van der Waals surface area contributed by atoms with Gasteiger partial charge in [-0.25, -0.2) is 0 Å². The highest BCUT2D eigenvalue weighted by molar-refractivity contribution is 6.11. The second kappa shape index (κ2) is 3.86. The predicted octanol–water partition coefficient (Wildman–Crippen LogP) is 3.03. The van der Waals surface area contributed by atoms with Gasteiger partial charge in [0, 0.05) is 6.20 Å². The van der Waals surface area contributed by atoms with Gasteiger partial charge in [0.1, 0.15) is 0 Å². The van der Waals surface area contributed by atoms with Crippen LogP contribution in [0.2, 0.25) is 0 Å². The van der Waals surface area contributed by atoms with E-state index >= 15 is 0 Å². The molecule has 0 fully saturated rings. The van der Waals surface area contributed by atoms with Gasteiger partial charge in [0.2, 0.25) is 0 Å². The van der Waals surface area contributed by atoms with Crippen LogP contribution in [0.3, 0.4) is 0 Å². The van der Waals surface area contributed by atoms with Crippen LogP contribution in [0.25, 0.3) is 0 Å². The van der Waals surface area contributed by atoms with Gasteiger partial charge in [0.25, 0.3) is 0 Å². The van der Waals surface area contributed by atoms with Crippen molar-refractivity contribution in [2.24, 2.45) is 4.99 Å². The first kappa shape index (κ1) is 8.72. The number of aliphatic imine (C=N–C) groups is 1. The fraction of sp³-hybridized carbons (Fsp3) is 0.182. The molecule has 0 spiro atoms. The quantitative estimate of drug-likeness (QED) is 0.557. The zero-order valence-corrected chi connectivity index (χ0v) is 7.54. The predicted molar refractivity (Wildman–Crippen MR) is 54.3 cm³/mol. The van der Waals surface area contributed by atoms with E-state index in [2.05, 4.69) is 11.6 Å². The summed E-state index contributed by atoms with van der Waals surface area (Å²) in [5.41, 5.74) is 3.10. The first-order valence-corrected chi connectivity index (χ1v) is 3.95. The summed E-state index contributed by atoms with van der Waals surface area (Å²) in [6.07, 6.45) is 9.69. The fourth-order valence-corrected chi connectivity index (χ4v) is 0.835. The molecule has 0 atom stereocenters. The third-order valence-corrected chi connectivity index (χ3v) is 1.45. The maximum absolute atomic E-state index is 4.28.